The van der Waals surface area contributed by atoms with Crippen LogP contribution >= 0.6 is 0 Å². The number of aliphatic carboxylic acids is 1. The monoisotopic (exact) mass is 1140 g/mol. The Balaban J connectivity index is 3.46. The van der Waals surface area contributed by atoms with Crippen LogP contribution in [0.25, 0.3) is 0 Å². The molecule has 10 atom stereocenters. The van der Waals surface area contributed by atoms with Crippen molar-refractivity contribution < 1.29 is 63.0 Å². The smallest absolute Gasteiger partial charge is 0.303 e. The molecule has 0 aliphatic rings. The molecule has 1 rings (SSSR count). The van der Waals surface area contributed by atoms with E-state index in [2.05, 4.69) is 57.8 Å². The molecular weight excluding hydrogens is 1040 g/mol. The van der Waals surface area contributed by atoms with Crippen LogP contribution in [-0.2, 0) is 59.2 Å². The summed E-state index contributed by atoms with van der Waals surface area (Å²) in [6.45, 7) is 16.7. The quantitative estimate of drug-likeness (QED) is 0.0296. The van der Waals surface area contributed by atoms with Gasteiger partial charge >= 0.3 is 5.97 Å². The van der Waals surface area contributed by atoms with Crippen LogP contribution < -0.4 is 70.8 Å². The summed E-state index contributed by atoms with van der Waals surface area (Å²) in [6, 6.07) is -11.6. The van der Waals surface area contributed by atoms with Gasteiger partial charge in [0.2, 0.25) is 59.1 Å². The fraction of sp³-hybridized carbons (Fsp3) is 0.731. The molecule has 454 valence electrons. The summed E-state index contributed by atoms with van der Waals surface area (Å²) in [5, 5.41) is 43.0. The summed E-state index contributed by atoms with van der Waals surface area (Å²) in [5.74, 6) is -9.79. The van der Waals surface area contributed by atoms with Gasteiger partial charge in [0.1, 0.15) is 53.9 Å². The highest BCUT2D eigenvalue weighted by Gasteiger charge is 2.39. The van der Waals surface area contributed by atoms with Crippen molar-refractivity contribution in [3.05, 3.63) is 18.2 Å². The number of carboxylic acids is 1. The Bertz CT molecular complexity index is 2190. The second-order valence-corrected chi connectivity index (χ2v) is 22.1. The molecule has 80 heavy (non-hydrogen) atoms. The average molecular weight is 1140 g/mol. The van der Waals surface area contributed by atoms with E-state index in [9.17, 15) is 57.8 Å². The van der Waals surface area contributed by atoms with Crippen LogP contribution in [-0.4, -0.2) is 164 Å². The topological polar surface area (TPSA) is 469 Å². The summed E-state index contributed by atoms with van der Waals surface area (Å²) < 4.78 is 0. The molecule has 20 N–H and O–H groups in total. The van der Waals surface area contributed by atoms with Crippen molar-refractivity contribution >= 4 is 65.0 Å². The van der Waals surface area contributed by atoms with E-state index in [4.69, 9.17) is 28.0 Å². The summed E-state index contributed by atoms with van der Waals surface area (Å²) in [4.78, 5) is 154. The number of aliphatic hydroxyl groups excluding tert-OH is 1. The number of carbonyl (C=O) groups excluding carboxylic acids is 10. The van der Waals surface area contributed by atoms with E-state index in [0.29, 0.717) is 37.9 Å². The first-order chi connectivity index (χ1) is 37.3. The van der Waals surface area contributed by atoms with E-state index >= 15 is 0 Å². The number of nitrogens with one attached hydrogen (secondary N) is 10. The van der Waals surface area contributed by atoms with Gasteiger partial charge in [-0.2, -0.15) is 0 Å². The molecule has 0 aliphatic heterocycles. The highest BCUT2D eigenvalue weighted by molar-refractivity contribution is 5.99. The van der Waals surface area contributed by atoms with Crippen molar-refractivity contribution in [2.75, 3.05) is 13.1 Å². The summed E-state index contributed by atoms with van der Waals surface area (Å²) in [6.07, 6.45) is 2.70. The van der Waals surface area contributed by atoms with E-state index < -0.39 is 131 Å². The number of imidazole rings is 1. The lowest BCUT2D eigenvalue weighted by Gasteiger charge is -2.32. The van der Waals surface area contributed by atoms with Crippen LogP contribution in [0.2, 0.25) is 0 Å². The van der Waals surface area contributed by atoms with Crippen LogP contribution in [0.15, 0.2) is 12.5 Å². The molecule has 0 aromatic carbocycles. The Morgan fingerprint density at radius 2 is 0.988 bits per heavy atom. The van der Waals surface area contributed by atoms with Gasteiger partial charge in [-0.25, -0.2) is 4.98 Å². The van der Waals surface area contributed by atoms with Crippen molar-refractivity contribution in [3.8, 4) is 0 Å². The Morgan fingerprint density at radius 1 is 0.562 bits per heavy atom. The maximum atomic E-state index is 14.3. The molecule has 0 spiro atoms. The number of aromatic nitrogens is 2. The standard InChI is InChI=1S/C52H93N15O13/c1-27(2)21-36(61-44(73)34(15-11-13-19-53)60-43(72)33(55)17-18-40(69)70)46(75)63-38(23-29(5)6)49(78)67-52(9,10)51(80)65-35(16-12-14-20-54)45(74)62-37(22-28(3)4)47(76)64-39(24-32-25-57-26-58-32)48(77)66-41(31(8)68)50(79)59-30(7)42(56)71/h25-31,33-39,41,68H,11-24,53-55H2,1-10H3,(H2,56,71)(H,57,58)(H,59,79)(H,60,72)(H,61,73)(H,62,74)(H,63,75)(H,64,76)(H,65,80)(H,66,77)(H,67,78)(H,69,70)/t30-,31+,33-,34-,35-,36-,37-,38-,39-,41-/m0/s1. The lowest BCUT2D eigenvalue weighted by Crippen LogP contribution is -2.63. The number of rotatable bonds is 39. The molecule has 28 nitrogen and oxygen atoms in total. The number of hydrogen-bond donors (Lipinski definition) is 16. The van der Waals surface area contributed by atoms with Gasteiger partial charge < -0.3 is 86.0 Å². The minimum Gasteiger partial charge on any atom is -0.481 e. The lowest BCUT2D eigenvalue weighted by molar-refractivity contribution is -0.138. The molecule has 10 amide bonds. The molecule has 0 aliphatic carbocycles. The van der Waals surface area contributed by atoms with Crippen LogP contribution in [0, 0.1) is 17.8 Å². The van der Waals surface area contributed by atoms with Crippen LogP contribution in [0.4, 0.5) is 0 Å². The SMILES string of the molecule is CC(C)C[C@H](NC(=O)[C@H](CCCCN)NC(=O)[C@@H](N)CCC(=O)O)C(=O)N[C@@H](CC(C)C)C(=O)NC(C)(C)C(=O)N[C@@H](CCCCN)C(=O)N[C@@H](CC(C)C)C(=O)N[C@@H](Cc1cnc[nH]1)C(=O)N[C@H](C(=O)N[C@@H](C)C(N)=O)[C@@H](C)O. The third kappa shape index (κ3) is 26.9. The number of aliphatic hydroxyl groups is 1. The van der Waals surface area contributed by atoms with E-state index in [1.165, 1.54) is 40.2 Å². The van der Waals surface area contributed by atoms with Crippen molar-refractivity contribution in [1.29, 1.82) is 0 Å². The number of aromatic amines is 1. The molecule has 1 aromatic rings. The molecule has 1 aromatic heterocycles. The minimum atomic E-state index is -1.74. The fourth-order valence-corrected chi connectivity index (χ4v) is 8.06. The number of carboxylic acid groups (broad SMARTS) is 1. The Labute approximate surface area is 468 Å². The van der Waals surface area contributed by atoms with Gasteiger partial charge in [-0.3, -0.25) is 52.7 Å². The normalized spacial score (nSPS) is 15.3. The average Bonchev–Trinajstić information content (AvgIpc) is 3.88. The molecule has 0 saturated carbocycles. The summed E-state index contributed by atoms with van der Waals surface area (Å²) in [7, 11) is 0. The van der Waals surface area contributed by atoms with Gasteiger partial charge in [0, 0.05) is 24.7 Å². The lowest BCUT2D eigenvalue weighted by atomic mass is 9.97. The van der Waals surface area contributed by atoms with E-state index in [1.54, 1.807) is 13.8 Å². The van der Waals surface area contributed by atoms with E-state index in [0.717, 1.165) is 0 Å². The summed E-state index contributed by atoms with van der Waals surface area (Å²) in [5.41, 5.74) is 21.3. The molecule has 0 bridgehead atoms. The van der Waals surface area contributed by atoms with Gasteiger partial charge in [-0.1, -0.05) is 41.5 Å². The maximum absolute atomic E-state index is 14.3. The number of H-pyrrole nitrogens is 1. The first kappa shape index (κ1) is 71.2. The number of hydrogen-bond acceptors (Lipinski definition) is 16. The molecule has 0 radical (unpaired) electrons. The molecule has 28 heteroatoms. The number of amides is 10. The number of primary amides is 1. The highest BCUT2D eigenvalue weighted by atomic mass is 16.4. The van der Waals surface area contributed by atoms with E-state index in [1.807, 2.05) is 27.7 Å². The second-order valence-electron chi connectivity index (χ2n) is 22.1. The Kier molecular flexibility index (Phi) is 31.8. The third-order valence-corrected chi connectivity index (χ3v) is 12.6. The van der Waals surface area contributed by atoms with Gasteiger partial charge in [0.15, 0.2) is 0 Å². The fourth-order valence-electron chi connectivity index (χ4n) is 8.06. The van der Waals surface area contributed by atoms with Crippen LogP contribution in [0.3, 0.4) is 0 Å². The minimum absolute atomic E-state index is 0.0426. The van der Waals surface area contributed by atoms with Crippen molar-refractivity contribution in [2.45, 2.75) is 212 Å². The number of nitrogens with zero attached hydrogens (tertiary/aromatic N) is 1. The molecule has 0 saturated heterocycles. The molecule has 0 fully saturated rings. The predicted molar refractivity (Wildman–Crippen MR) is 296 cm³/mol. The number of carbonyl (C=O) groups is 11. The number of nitrogens with two attached hydrogens (primary N) is 4. The number of unbranched alkanes of at least 4 members (excludes halogenated alkanes) is 2. The van der Waals surface area contributed by atoms with Crippen molar-refractivity contribution in [3.63, 3.8) is 0 Å². The Morgan fingerprint density at radius 3 is 1.40 bits per heavy atom. The summed E-state index contributed by atoms with van der Waals surface area (Å²) >= 11 is 0. The van der Waals surface area contributed by atoms with Crippen molar-refractivity contribution in [1.82, 2.24) is 57.8 Å². The molecule has 0 unspecified atom stereocenters. The van der Waals surface area contributed by atoms with Crippen molar-refractivity contribution in [2.24, 2.45) is 40.7 Å². The zero-order chi connectivity index (χ0) is 61.0. The third-order valence-electron chi connectivity index (χ3n) is 12.6. The second kappa shape index (κ2) is 35.8. The van der Waals surface area contributed by atoms with Gasteiger partial charge in [0.25, 0.3) is 0 Å². The highest BCUT2D eigenvalue weighted by Crippen LogP contribution is 2.15. The van der Waals surface area contributed by atoms with Gasteiger partial charge in [-0.15, -0.1) is 0 Å². The zero-order valence-corrected chi connectivity index (χ0v) is 48.2. The van der Waals surface area contributed by atoms with Gasteiger partial charge in [-0.05, 0) is 123 Å². The predicted octanol–water partition coefficient (Wildman–Crippen LogP) is -2.80. The zero-order valence-electron chi connectivity index (χ0n) is 48.2. The van der Waals surface area contributed by atoms with Crippen LogP contribution in [0.5, 0.6) is 0 Å². The first-order valence-corrected chi connectivity index (χ1v) is 27.4. The largest absolute Gasteiger partial charge is 0.481 e. The first-order valence-electron chi connectivity index (χ1n) is 27.4. The van der Waals surface area contributed by atoms with Gasteiger partial charge in [0.05, 0.1) is 18.5 Å². The van der Waals surface area contributed by atoms with Crippen LogP contribution in [0.1, 0.15) is 146 Å². The maximum Gasteiger partial charge on any atom is 0.303 e. The molecular formula is C52H93N15O13. The Hall–Kier alpha value is -6.78. The molecule has 1 heterocycles. The van der Waals surface area contributed by atoms with E-state index in [-0.39, 0.29) is 75.7 Å².